The number of oxime groups is 1. The molecule has 11 heavy (non-hydrogen) atoms. The molecular formula is C6H12N2O3. The Labute approximate surface area is 65.1 Å². The van der Waals surface area contributed by atoms with Gasteiger partial charge in [-0.2, -0.15) is 0 Å². The van der Waals surface area contributed by atoms with Crippen molar-refractivity contribution in [1.29, 1.82) is 0 Å². The SMILES string of the molecule is COCC(=O)ON=C(C)CN. The Bertz CT molecular complexity index is 156. The molecule has 0 atom stereocenters. The fourth-order valence-electron chi connectivity index (χ4n) is 0.310. The van der Waals surface area contributed by atoms with Crippen LogP contribution in [0.15, 0.2) is 5.16 Å². The van der Waals surface area contributed by atoms with Gasteiger partial charge < -0.3 is 15.3 Å². The highest BCUT2D eigenvalue weighted by molar-refractivity contribution is 5.84. The second-order valence-electron chi connectivity index (χ2n) is 1.93. The Balaban J connectivity index is 3.60. The molecule has 2 N–H and O–H groups in total. The first-order valence-corrected chi connectivity index (χ1v) is 3.13. The summed E-state index contributed by atoms with van der Waals surface area (Å²) in [5.74, 6) is -0.527. The molecule has 0 rings (SSSR count). The number of hydrogen-bond acceptors (Lipinski definition) is 5. The third-order valence-corrected chi connectivity index (χ3v) is 0.861. The molecular weight excluding hydrogens is 148 g/mol. The van der Waals surface area contributed by atoms with E-state index in [9.17, 15) is 4.79 Å². The molecule has 5 nitrogen and oxygen atoms in total. The van der Waals surface area contributed by atoms with E-state index in [-0.39, 0.29) is 13.2 Å². The highest BCUT2D eigenvalue weighted by Gasteiger charge is 1.99. The van der Waals surface area contributed by atoms with Crippen LogP contribution in [0, 0.1) is 0 Å². The maximum absolute atomic E-state index is 10.6. The van der Waals surface area contributed by atoms with E-state index in [2.05, 4.69) is 14.7 Å². The lowest BCUT2D eigenvalue weighted by molar-refractivity contribution is -0.147. The minimum Gasteiger partial charge on any atom is -0.373 e. The zero-order valence-corrected chi connectivity index (χ0v) is 6.66. The van der Waals surface area contributed by atoms with Gasteiger partial charge in [0.25, 0.3) is 0 Å². The average molecular weight is 160 g/mol. The third kappa shape index (κ3) is 5.50. The first-order valence-electron chi connectivity index (χ1n) is 3.13. The summed E-state index contributed by atoms with van der Waals surface area (Å²) in [6, 6.07) is 0. The predicted octanol–water partition coefficient (Wildman–Crippen LogP) is -0.489. The van der Waals surface area contributed by atoms with Gasteiger partial charge in [0.1, 0.15) is 6.61 Å². The second kappa shape index (κ2) is 5.82. The van der Waals surface area contributed by atoms with Crippen molar-refractivity contribution in [2.75, 3.05) is 20.3 Å². The van der Waals surface area contributed by atoms with Gasteiger partial charge in [0.05, 0.1) is 5.71 Å². The Kier molecular flexibility index (Phi) is 5.32. The predicted molar refractivity (Wildman–Crippen MR) is 40.1 cm³/mol. The maximum Gasteiger partial charge on any atom is 0.360 e. The fourth-order valence-corrected chi connectivity index (χ4v) is 0.310. The molecule has 0 aromatic rings. The molecule has 0 unspecified atom stereocenters. The molecule has 0 radical (unpaired) electrons. The highest BCUT2D eigenvalue weighted by atomic mass is 16.7. The van der Waals surface area contributed by atoms with E-state index in [0.29, 0.717) is 5.71 Å². The van der Waals surface area contributed by atoms with Gasteiger partial charge >= 0.3 is 5.97 Å². The standard InChI is InChI=1S/C6H12N2O3/c1-5(3-7)8-11-6(9)4-10-2/h3-4,7H2,1-2H3. The Morgan fingerprint density at radius 2 is 2.27 bits per heavy atom. The minimum absolute atomic E-state index is 0.0959. The number of nitrogens with zero attached hydrogens (tertiary/aromatic N) is 1. The number of hydrogen-bond donors (Lipinski definition) is 1. The van der Waals surface area contributed by atoms with E-state index in [1.807, 2.05) is 0 Å². The molecule has 0 aliphatic carbocycles. The maximum atomic E-state index is 10.6. The lowest BCUT2D eigenvalue weighted by atomic mass is 10.4. The number of ether oxygens (including phenoxy) is 1. The quantitative estimate of drug-likeness (QED) is 0.342. The molecule has 0 aliphatic heterocycles. The Morgan fingerprint density at radius 3 is 2.73 bits per heavy atom. The van der Waals surface area contributed by atoms with Gasteiger partial charge in [-0.25, -0.2) is 4.79 Å². The molecule has 0 bridgehead atoms. The zero-order chi connectivity index (χ0) is 8.69. The molecule has 0 aliphatic rings. The molecule has 0 amide bonds. The average Bonchev–Trinajstić information content (AvgIpc) is 2.01. The van der Waals surface area contributed by atoms with Gasteiger partial charge in [-0.05, 0) is 6.92 Å². The summed E-state index contributed by atoms with van der Waals surface area (Å²) >= 11 is 0. The van der Waals surface area contributed by atoms with Crippen LogP contribution in [0.5, 0.6) is 0 Å². The molecule has 5 heteroatoms. The minimum atomic E-state index is -0.527. The first-order chi connectivity index (χ1) is 5.20. The molecule has 0 spiro atoms. The molecule has 0 fully saturated rings. The molecule has 0 saturated heterocycles. The van der Waals surface area contributed by atoms with Crippen LogP contribution in [-0.2, 0) is 14.4 Å². The van der Waals surface area contributed by atoms with Crippen LogP contribution >= 0.6 is 0 Å². The zero-order valence-electron chi connectivity index (χ0n) is 6.66. The van der Waals surface area contributed by atoms with E-state index in [0.717, 1.165) is 0 Å². The van der Waals surface area contributed by atoms with Crippen molar-refractivity contribution in [2.24, 2.45) is 10.9 Å². The summed E-state index contributed by atoms with van der Waals surface area (Å²) in [6.07, 6.45) is 0. The number of methoxy groups -OCH3 is 1. The van der Waals surface area contributed by atoms with E-state index in [1.165, 1.54) is 7.11 Å². The summed E-state index contributed by atoms with van der Waals surface area (Å²) in [5, 5.41) is 3.42. The molecule has 64 valence electrons. The van der Waals surface area contributed by atoms with Crippen molar-refractivity contribution in [3.05, 3.63) is 0 Å². The van der Waals surface area contributed by atoms with E-state index in [4.69, 9.17) is 5.73 Å². The monoisotopic (exact) mass is 160 g/mol. The summed E-state index contributed by atoms with van der Waals surface area (Å²) in [5.41, 5.74) is 5.74. The summed E-state index contributed by atoms with van der Waals surface area (Å²) in [6.45, 7) is 1.85. The molecule has 0 saturated carbocycles. The highest BCUT2D eigenvalue weighted by Crippen LogP contribution is 1.82. The van der Waals surface area contributed by atoms with Gasteiger partial charge in [-0.1, -0.05) is 5.16 Å². The number of carbonyl (C=O) groups excluding carboxylic acids is 1. The van der Waals surface area contributed by atoms with Crippen LogP contribution in [0.3, 0.4) is 0 Å². The Morgan fingerprint density at radius 1 is 1.64 bits per heavy atom. The van der Waals surface area contributed by atoms with Gasteiger partial charge in [-0.15, -0.1) is 0 Å². The lowest BCUT2D eigenvalue weighted by Crippen LogP contribution is -2.13. The topological polar surface area (TPSA) is 73.9 Å². The molecule has 0 aromatic heterocycles. The van der Waals surface area contributed by atoms with E-state index in [1.54, 1.807) is 6.92 Å². The normalized spacial score (nSPS) is 11.4. The number of carbonyl (C=O) groups is 1. The van der Waals surface area contributed by atoms with Crippen molar-refractivity contribution in [1.82, 2.24) is 0 Å². The molecule has 0 heterocycles. The first kappa shape index (κ1) is 10.1. The number of rotatable bonds is 4. The van der Waals surface area contributed by atoms with Gasteiger partial charge in [0.15, 0.2) is 0 Å². The van der Waals surface area contributed by atoms with Gasteiger partial charge in [-0.3, -0.25) is 0 Å². The third-order valence-electron chi connectivity index (χ3n) is 0.861. The summed E-state index contributed by atoms with van der Waals surface area (Å²) < 4.78 is 4.49. The van der Waals surface area contributed by atoms with Crippen molar-refractivity contribution in [2.45, 2.75) is 6.92 Å². The van der Waals surface area contributed by atoms with Crippen molar-refractivity contribution >= 4 is 11.7 Å². The second-order valence-corrected chi connectivity index (χ2v) is 1.93. The van der Waals surface area contributed by atoms with Crippen LogP contribution in [-0.4, -0.2) is 31.9 Å². The van der Waals surface area contributed by atoms with Crippen molar-refractivity contribution in [3.8, 4) is 0 Å². The van der Waals surface area contributed by atoms with Crippen molar-refractivity contribution < 1.29 is 14.4 Å². The van der Waals surface area contributed by atoms with Crippen LogP contribution in [0.2, 0.25) is 0 Å². The number of nitrogens with two attached hydrogens (primary N) is 1. The van der Waals surface area contributed by atoms with E-state index < -0.39 is 5.97 Å². The van der Waals surface area contributed by atoms with E-state index >= 15 is 0 Å². The van der Waals surface area contributed by atoms with Crippen molar-refractivity contribution in [3.63, 3.8) is 0 Å². The van der Waals surface area contributed by atoms with Crippen LogP contribution in [0.25, 0.3) is 0 Å². The van der Waals surface area contributed by atoms with Crippen LogP contribution < -0.4 is 5.73 Å². The lowest BCUT2D eigenvalue weighted by Gasteiger charge is -1.96. The van der Waals surface area contributed by atoms with Gasteiger partial charge in [0, 0.05) is 13.7 Å². The Hall–Kier alpha value is -0.940. The van der Waals surface area contributed by atoms with Crippen LogP contribution in [0.1, 0.15) is 6.92 Å². The smallest absolute Gasteiger partial charge is 0.360 e. The largest absolute Gasteiger partial charge is 0.373 e. The fraction of sp³-hybridized carbons (Fsp3) is 0.667. The van der Waals surface area contributed by atoms with Gasteiger partial charge in [0.2, 0.25) is 0 Å². The molecule has 0 aromatic carbocycles. The van der Waals surface area contributed by atoms with Crippen LogP contribution in [0.4, 0.5) is 0 Å². The summed E-state index contributed by atoms with van der Waals surface area (Å²) in [4.78, 5) is 14.9. The summed E-state index contributed by atoms with van der Waals surface area (Å²) in [7, 11) is 1.40.